The summed E-state index contributed by atoms with van der Waals surface area (Å²) in [7, 11) is 0. The number of H-pyrrole nitrogens is 1. The molecule has 0 radical (unpaired) electrons. The fourth-order valence-electron chi connectivity index (χ4n) is 1.02. The number of aromatic amines is 1. The van der Waals surface area contributed by atoms with Crippen LogP contribution < -0.4 is 11.2 Å². The molecule has 0 aliphatic carbocycles. The topological polar surface area (TPSA) is 98.0 Å². The van der Waals surface area contributed by atoms with Crippen molar-refractivity contribution in [1.29, 1.82) is 0 Å². The van der Waals surface area contributed by atoms with E-state index in [0.717, 1.165) is 10.8 Å². The summed E-state index contributed by atoms with van der Waals surface area (Å²) in [5.41, 5.74) is -2.56. The maximum absolute atomic E-state index is 11.8. The van der Waals surface area contributed by atoms with Crippen molar-refractivity contribution >= 4 is 5.69 Å². The van der Waals surface area contributed by atoms with Gasteiger partial charge in [-0.25, -0.2) is 4.79 Å². The molecule has 82 valence electrons. The van der Waals surface area contributed by atoms with E-state index in [1.165, 1.54) is 0 Å². The van der Waals surface area contributed by atoms with E-state index in [1.807, 2.05) is 0 Å². The van der Waals surface area contributed by atoms with Gasteiger partial charge >= 0.3 is 16.9 Å². The number of hydrogen-bond donors (Lipinski definition) is 1. The van der Waals surface area contributed by atoms with Crippen LogP contribution in [0.4, 0.5) is 10.1 Å². The average molecular weight is 217 g/mol. The van der Waals surface area contributed by atoms with E-state index in [-0.39, 0.29) is 13.0 Å². The summed E-state index contributed by atoms with van der Waals surface area (Å²) in [5, 5.41) is 10.4. The first-order valence-electron chi connectivity index (χ1n) is 4.10. The number of alkyl halides is 1. The number of aromatic nitrogens is 2. The summed E-state index contributed by atoms with van der Waals surface area (Å²) in [4.78, 5) is 33.2. The Morgan fingerprint density at radius 1 is 1.53 bits per heavy atom. The summed E-state index contributed by atoms with van der Waals surface area (Å²) in [6.07, 6.45) is 0.875. The Kier molecular flexibility index (Phi) is 3.32. The van der Waals surface area contributed by atoms with Crippen LogP contribution in [0.15, 0.2) is 15.8 Å². The number of aryl methyl sites for hydroxylation is 1. The highest BCUT2D eigenvalue weighted by Crippen LogP contribution is 1.99. The van der Waals surface area contributed by atoms with Crippen LogP contribution in [-0.2, 0) is 6.54 Å². The van der Waals surface area contributed by atoms with Crippen LogP contribution in [0.3, 0.4) is 0 Å². The second-order valence-electron chi connectivity index (χ2n) is 2.77. The van der Waals surface area contributed by atoms with Crippen LogP contribution in [0.25, 0.3) is 0 Å². The van der Waals surface area contributed by atoms with Crippen LogP contribution >= 0.6 is 0 Å². The van der Waals surface area contributed by atoms with Crippen molar-refractivity contribution in [2.45, 2.75) is 13.0 Å². The third-order valence-corrected chi connectivity index (χ3v) is 1.72. The molecule has 0 fully saturated rings. The summed E-state index contributed by atoms with van der Waals surface area (Å²) in [6.45, 7) is -0.647. The van der Waals surface area contributed by atoms with Crippen LogP contribution in [0.1, 0.15) is 6.42 Å². The van der Waals surface area contributed by atoms with Gasteiger partial charge in [0.15, 0.2) is 0 Å². The lowest BCUT2D eigenvalue weighted by atomic mass is 10.4. The first kappa shape index (κ1) is 11.1. The van der Waals surface area contributed by atoms with Gasteiger partial charge in [-0.05, 0) is 6.42 Å². The van der Waals surface area contributed by atoms with Gasteiger partial charge in [0.1, 0.15) is 0 Å². The zero-order valence-corrected chi connectivity index (χ0v) is 7.60. The number of hydrogen-bond acceptors (Lipinski definition) is 4. The lowest BCUT2D eigenvalue weighted by molar-refractivity contribution is -0.386. The number of nitrogens with one attached hydrogen (secondary N) is 1. The van der Waals surface area contributed by atoms with Crippen molar-refractivity contribution < 1.29 is 9.31 Å². The monoisotopic (exact) mass is 217 g/mol. The molecule has 8 heteroatoms. The molecule has 0 aliphatic heterocycles. The van der Waals surface area contributed by atoms with E-state index in [4.69, 9.17) is 0 Å². The molecular weight excluding hydrogens is 209 g/mol. The van der Waals surface area contributed by atoms with E-state index in [2.05, 4.69) is 0 Å². The number of nitro groups is 1. The molecule has 0 saturated heterocycles. The number of rotatable bonds is 4. The molecule has 15 heavy (non-hydrogen) atoms. The highest BCUT2D eigenvalue weighted by Gasteiger charge is 2.14. The second-order valence-corrected chi connectivity index (χ2v) is 2.77. The van der Waals surface area contributed by atoms with Gasteiger partial charge in [-0.2, -0.15) is 0 Å². The molecule has 0 saturated carbocycles. The summed E-state index contributed by atoms with van der Waals surface area (Å²) in [5.74, 6) is 0. The highest BCUT2D eigenvalue weighted by atomic mass is 19.1. The fraction of sp³-hybridized carbons (Fsp3) is 0.429. The molecule has 1 rings (SSSR count). The average Bonchev–Trinajstić information content (AvgIpc) is 2.16. The molecule has 0 amide bonds. The summed E-state index contributed by atoms with van der Waals surface area (Å²) >= 11 is 0. The minimum atomic E-state index is -1.05. The van der Waals surface area contributed by atoms with Gasteiger partial charge in [-0.1, -0.05) is 0 Å². The van der Waals surface area contributed by atoms with Crippen molar-refractivity contribution in [3.8, 4) is 0 Å². The minimum absolute atomic E-state index is 0.00699. The second kappa shape index (κ2) is 4.49. The molecule has 7 nitrogen and oxygen atoms in total. The zero-order valence-electron chi connectivity index (χ0n) is 7.60. The molecule has 1 aromatic rings. The number of halogens is 1. The SMILES string of the molecule is O=c1[nH]c(=O)n(CCCF)cc1[N+](=O)[O-]. The standard InChI is InChI=1S/C7H8FN3O4/c8-2-1-3-10-4-5(11(14)15)6(12)9-7(10)13/h4H,1-3H2,(H,9,12,13). The first-order valence-corrected chi connectivity index (χ1v) is 4.10. The smallest absolute Gasteiger partial charge is 0.294 e. The largest absolute Gasteiger partial charge is 0.350 e. The van der Waals surface area contributed by atoms with Crippen molar-refractivity contribution in [3.05, 3.63) is 37.1 Å². The summed E-state index contributed by atoms with van der Waals surface area (Å²) < 4.78 is 12.7. The first-order chi connectivity index (χ1) is 7.06. The third-order valence-electron chi connectivity index (χ3n) is 1.72. The Balaban J connectivity index is 3.18. The van der Waals surface area contributed by atoms with Crippen LogP contribution in [-0.4, -0.2) is 21.1 Å². The van der Waals surface area contributed by atoms with E-state index in [0.29, 0.717) is 0 Å². The van der Waals surface area contributed by atoms with E-state index in [9.17, 15) is 24.1 Å². The zero-order chi connectivity index (χ0) is 11.4. The van der Waals surface area contributed by atoms with Gasteiger partial charge in [-0.3, -0.25) is 28.9 Å². The molecule has 1 heterocycles. The van der Waals surface area contributed by atoms with E-state index in [1.54, 1.807) is 4.98 Å². The molecule has 1 aromatic heterocycles. The van der Waals surface area contributed by atoms with Gasteiger partial charge in [0, 0.05) is 6.54 Å². The van der Waals surface area contributed by atoms with Gasteiger partial charge < -0.3 is 0 Å². The molecule has 0 spiro atoms. The maximum atomic E-state index is 11.8. The Labute approximate surface area is 82.3 Å². The lowest BCUT2D eigenvalue weighted by Crippen LogP contribution is -2.30. The molecule has 0 bridgehead atoms. The quantitative estimate of drug-likeness (QED) is 0.557. The van der Waals surface area contributed by atoms with Crippen molar-refractivity contribution in [2.75, 3.05) is 6.67 Å². The molecule has 1 N–H and O–H groups in total. The predicted octanol–water partition coefficient (Wildman–Crippen LogP) is -0.196. The normalized spacial score (nSPS) is 10.2. The van der Waals surface area contributed by atoms with Crippen molar-refractivity contribution in [1.82, 2.24) is 9.55 Å². The molecule has 0 atom stereocenters. The summed E-state index contributed by atoms with van der Waals surface area (Å²) in [6, 6.07) is 0. The Morgan fingerprint density at radius 3 is 2.73 bits per heavy atom. The Bertz CT molecular complexity index is 478. The third kappa shape index (κ3) is 2.48. The van der Waals surface area contributed by atoms with Crippen LogP contribution in [0.2, 0.25) is 0 Å². The van der Waals surface area contributed by atoms with Gasteiger partial charge in [-0.15, -0.1) is 0 Å². The minimum Gasteiger partial charge on any atom is -0.294 e. The maximum Gasteiger partial charge on any atom is 0.350 e. The van der Waals surface area contributed by atoms with Crippen LogP contribution in [0.5, 0.6) is 0 Å². The molecule has 0 unspecified atom stereocenters. The highest BCUT2D eigenvalue weighted by molar-refractivity contribution is 5.20. The Morgan fingerprint density at radius 2 is 2.20 bits per heavy atom. The predicted molar refractivity (Wildman–Crippen MR) is 48.6 cm³/mol. The van der Waals surface area contributed by atoms with Crippen LogP contribution in [0, 0.1) is 10.1 Å². The van der Waals surface area contributed by atoms with E-state index < -0.39 is 28.5 Å². The van der Waals surface area contributed by atoms with Gasteiger partial charge in [0.25, 0.3) is 0 Å². The fourth-order valence-corrected chi connectivity index (χ4v) is 1.02. The number of nitrogens with zero attached hydrogens (tertiary/aromatic N) is 2. The van der Waals surface area contributed by atoms with Gasteiger partial charge in [0.05, 0.1) is 17.8 Å². The lowest BCUT2D eigenvalue weighted by Gasteiger charge is -2.01. The van der Waals surface area contributed by atoms with E-state index >= 15 is 0 Å². The molecule has 0 aromatic carbocycles. The Hall–Kier alpha value is -1.99. The van der Waals surface area contributed by atoms with Crippen molar-refractivity contribution in [3.63, 3.8) is 0 Å². The molecule has 0 aliphatic rings. The molecular formula is C7H8FN3O4. The van der Waals surface area contributed by atoms with Crippen molar-refractivity contribution in [2.24, 2.45) is 0 Å². The van der Waals surface area contributed by atoms with Gasteiger partial charge in [0.2, 0.25) is 0 Å².